The van der Waals surface area contributed by atoms with Crippen LogP contribution in [0, 0.1) is 6.92 Å². The van der Waals surface area contributed by atoms with Crippen LogP contribution in [0.4, 0.5) is 5.69 Å². The molecular weight excluding hydrogens is 785 g/mol. The Kier molecular flexibility index (Phi) is 14.6. The number of fused-ring (bicyclic) bond motifs is 1. The van der Waals surface area contributed by atoms with Crippen LogP contribution in [0.3, 0.4) is 0 Å². The van der Waals surface area contributed by atoms with E-state index in [2.05, 4.69) is 35.6 Å². The smallest absolute Gasteiger partial charge is 0.325 e. The van der Waals surface area contributed by atoms with Crippen LogP contribution in [-0.2, 0) is 35.3 Å². The van der Waals surface area contributed by atoms with Crippen LogP contribution in [0.2, 0.25) is 0 Å². The number of nitrogens with zero attached hydrogens (tertiary/aromatic N) is 1. The number of hydrogen-bond donors (Lipinski definition) is 1. The number of hydrogen-bond acceptors (Lipinski definition) is 12. The van der Waals surface area contributed by atoms with Gasteiger partial charge in [0.25, 0.3) is 0 Å². The maximum Gasteiger partial charge on any atom is 0.325 e. The van der Waals surface area contributed by atoms with E-state index >= 15 is 0 Å². The fourth-order valence-electron chi connectivity index (χ4n) is 5.35. The fraction of sp³-hybridized carbons (Fsp3) is 0.256. The minimum absolute atomic E-state index is 0.0255. The van der Waals surface area contributed by atoms with Crippen LogP contribution >= 0.6 is 11.3 Å². The summed E-state index contributed by atoms with van der Waals surface area (Å²) >= 11 is 1.60. The lowest BCUT2D eigenvalue weighted by Crippen LogP contribution is -2.28. The number of aryl methyl sites for hydroxylation is 1. The van der Waals surface area contributed by atoms with Crippen molar-refractivity contribution in [2.24, 2.45) is 0 Å². The molecule has 0 atom stereocenters. The molecule has 0 radical (unpaired) electrons. The SMILES string of the molecule is CCOCOc1ccc2nc(-c3ccc(NCC(=O)OC(C)(C)C)c([S+](c4ccc(OC)cc4)c4ccc(OC)cc4)c3)sc2c1.Cc1ccc(S(=O)(=O)[O-])cc1. The Balaban J connectivity index is 0.000000486. The molecule has 300 valence electrons. The summed E-state index contributed by atoms with van der Waals surface area (Å²) in [5.74, 6) is 1.96. The average molecular weight is 831 g/mol. The molecule has 6 aromatic rings. The highest BCUT2D eigenvalue weighted by molar-refractivity contribution is 7.97. The van der Waals surface area contributed by atoms with E-state index in [1.54, 1.807) is 37.7 Å². The summed E-state index contributed by atoms with van der Waals surface area (Å²) in [6.45, 7) is 10.2. The van der Waals surface area contributed by atoms with Gasteiger partial charge in [0.1, 0.15) is 55.4 Å². The van der Waals surface area contributed by atoms with Crippen molar-refractivity contribution in [1.82, 2.24) is 4.98 Å². The molecule has 1 heterocycles. The molecule has 0 aliphatic rings. The van der Waals surface area contributed by atoms with E-state index in [4.69, 9.17) is 28.7 Å². The van der Waals surface area contributed by atoms with Crippen molar-refractivity contribution in [3.8, 4) is 27.8 Å². The number of esters is 1. The first kappa shape index (κ1) is 43.0. The van der Waals surface area contributed by atoms with Crippen molar-refractivity contribution in [1.29, 1.82) is 0 Å². The molecule has 0 spiro atoms. The summed E-state index contributed by atoms with van der Waals surface area (Å²) in [4.78, 5) is 20.7. The molecule has 14 heteroatoms. The number of thiazole rings is 1. The summed E-state index contributed by atoms with van der Waals surface area (Å²) in [5.41, 5.74) is 3.04. The van der Waals surface area contributed by atoms with Gasteiger partial charge in [0.05, 0.1) is 35.0 Å². The molecule has 0 bridgehead atoms. The van der Waals surface area contributed by atoms with Gasteiger partial charge in [0, 0.05) is 18.2 Å². The molecule has 57 heavy (non-hydrogen) atoms. The molecule has 11 nitrogen and oxygen atoms in total. The van der Waals surface area contributed by atoms with Gasteiger partial charge in [-0.3, -0.25) is 4.79 Å². The van der Waals surface area contributed by atoms with E-state index in [1.807, 2.05) is 89.2 Å². The van der Waals surface area contributed by atoms with Gasteiger partial charge >= 0.3 is 5.97 Å². The maximum absolute atomic E-state index is 12.8. The summed E-state index contributed by atoms with van der Waals surface area (Å²) in [5, 5.41) is 4.25. The first-order valence-electron chi connectivity index (χ1n) is 17.9. The van der Waals surface area contributed by atoms with Gasteiger partial charge in [-0.1, -0.05) is 17.7 Å². The lowest BCUT2D eigenvalue weighted by molar-refractivity contribution is -0.152. The van der Waals surface area contributed by atoms with E-state index in [9.17, 15) is 17.8 Å². The number of rotatable bonds is 14. The predicted octanol–water partition coefficient (Wildman–Crippen LogP) is 9.10. The van der Waals surface area contributed by atoms with Gasteiger partial charge in [-0.2, -0.15) is 0 Å². The molecule has 0 amide bonds. The number of methoxy groups -OCH3 is 2. The Bertz CT molecular complexity index is 2310. The third-order valence-electron chi connectivity index (χ3n) is 8.06. The van der Waals surface area contributed by atoms with Crippen LogP contribution in [0.15, 0.2) is 129 Å². The van der Waals surface area contributed by atoms with Crippen molar-refractivity contribution in [2.45, 2.75) is 59.8 Å². The second kappa shape index (κ2) is 19.4. The molecule has 6 rings (SSSR count). The Hall–Kier alpha value is -5.12. The lowest BCUT2D eigenvalue weighted by Gasteiger charge is -2.20. The highest BCUT2D eigenvalue weighted by Gasteiger charge is 2.33. The molecule has 0 unspecified atom stereocenters. The number of carbonyl (C=O) groups is 1. The van der Waals surface area contributed by atoms with Crippen LogP contribution in [0.5, 0.6) is 17.2 Å². The monoisotopic (exact) mass is 830 g/mol. The van der Waals surface area contributed by atoms with E-state index in [-0.39, 0.29) is 24.2 Å². The predicted molar refractivity (Wildman–Crippen MR) is 224 cm³/mol. The van der Waals surface area contributed by atoms with Crippen LogP contribution in [0.1, 0.15) is 33.3 Å². The molecule has 0 saturated heterocycles. The zero-order valence-electron chi connectivity index (χ0n) is 32.9. The highest BCUT2D eigenvalue weighted by Crippen LogP contribution is 2.41. The summed E-state index contributed by atoms with van der Waals surface area (Å²) in [6.07, 6.45) is 0. The molecule has 0 aliphatic heterocycles. The number of nitrogens with one attached hydrogen (secondary N) is 1. The Labute approximate surface area is 341 Å². The summed E-state index contributed by atoms with van der Waals surface area (Å²) in [6, 6.07) is 34.1. The van der Waals surface area contributed by atoms with E-state index in [0.717, 1.165) is 64.0 Å². The van der Waals surface area contributed by atoms with E-state index in [0.29, 0.717) is 6.61 Å². The Morgan fingerprint density at radius 3 is 1.96 bits per heavy atom. The number of ether oxygens (including phenoxy) is 5. The van der Waals surface area contributed by atoms with E-state index in [1.165, 1.54) is 12.1 Å². The van der Waals surface area contributed by atoms with Crippen molar-refractivity contribution in [3.63, 3.8) is 0 Å². The molecule has 0 fully saturated rings. The first-order chi connectivity index (χ1) is 27.2. The second-order valence-corrected chi connectivity index (χ2v) is 17.9. The minimum atomic E-state index is -4.27. The fourth-order valence-corrected chi connectivity index (χ4v) is 9.01. The standard InChI is InChI=1S/C36H39N2O6S2.C7H8O3S/c1-7-42-23-43-27-13-19-30-32(21-27)45-35(38-30)24-8-18-31(37-22-34(39)44-36(2,3)4)33(20-24)46(28-14-9-25(40-5)10-15-28)29-16-11-26(41-6)12-17-29;1-6-2-4-7(5-3-6)11(8,9)10/h8-21,37H,7,22-23H2,1-6H3;2-5H,1H3,(H,8,9,10)/q+1;/p-1. The topological polar surface area (TPSA) is 145 Å². The van der Waals surface area contributed by atoms with Crippen molar-refractivity contribution >= 4 is 54.2 Å². The largest absolute Gasteiger partial charge is 0.744 e. The lowest BCUT2D eigenvalue weighted by atomic mass is 10.2. The van der Waals surface area contributed by atoms with Gasteiger partial charge in [-0.05, 0) is 126 Å². The van der Waals surface area contributed by atoms with Crippen LogP contribution in [0.25, 0.3) is 20.8 Å². The Morgan fingerprint density at radius 1 is 0.825 bits per heavy atom. The van der Waals surface area contributed by atoms with Gasteiger partial charge in [0.2, 0.25) is 0 Å². The van der Waals surface area contributed by atoms with Gasteiger partial charge < -0.3 is 33.6 Å². The van der Waals surface area contributed by atoms with Crippen molar-refractivity contribution < 1.29 is 41.4 Å². The summed E-state index contributed by atoms with van der Waals surface area (Å²) < 4.78 is 59.8. The molecule has 1 aromatic heterocycles. The molecule has 0 aliphatic carbocycles. The third kappa shape index (κ3) is 12.2. The molecular formula is C43H46N2O9S3. The molecule has 1 N–H and O–H groups in total. The maximum atomic E-state index is 12.8. The highest BCUT2D eigenvalue weighted by atomic mass is 32.2. The zero-order valence-corrected chi connectivity index (χ0v) is 35.3. The second-order valence-electron chi connectivity index (χ2n) is 13.5. The molecule has 5 aromatic carbocycles. The van der Waals surface area contributed by atoms with Gasteiger partial charge in [-0.25, -0.2) is 13.4 Å². The minimum Gasteiger partial charge on any atom is -0.744 e. The number of anilines is 1. The van der Waals surface area contributed by atoms with Crippen LogP contribution in [-0.4, -0.2) is 63.7 Å². The van der Waals surface area contributed by atoms with Crippen LogP contribution < -0.4 is 19.5 Å². The normalized spacial score (nSPS) is 11.5. The summed E-state index contributed by atoms with van der Waals surface area (Å²) in [7, 11) is -1.52. The zero-order chi connectivity index (χ0) is 41.2. The first-order valence-corrected chi connectivity index (χ1v) is 21.4. The van der Waals surface area contributed by atoms with E-state index < -0.39 is 26.6 Å². The van der Waals surface area contributed by atoms with Crippen molar-refractivity contribution in [2.75, 3.05) is 39.5 Å². The molecule has 0 saturated carbocycles. The quantitative estimate of drug-likeness (QED) is 0.0369. The number of carbonyl (C=O) groups excluding carboxylic acids is 1. The Morgan fingerprint density at radius 2 is 1.42 bits per heavy atom. The third-order valence-corrected chi connectivity index (χ3v) is 12.2. The van der Waals surface area contributed by atoms with Crippen molar-refractivity contribution in [3.05, 3.63) is 115 Å². The van der Waals surface area contributed by atoms with Gasteiger partial charge in [-0.15, -0.1) is 11.3 Å². The average Bonchev–Trinajstić information content (AvgIpc) is 3.61. The van der Waals surface area contributed by atoms with Gasteiger partial charge in [0.15, 0.2) is 21.5 Å². The number of benzene rings is 5. The number of aromatic nitrogens is 1.